The van der Waals surface area contributed by atoms with Gasteiger partial charge in [-0.05, 0) is 0 Å². The summed E-state index contributed by atoms with van der Waals surface area (Å²) in [5.74, 6) is -0.0456. The second-order valence-corrected chi connectivity index (χ2v) is 25.1. The maximum atomic E-state index is 14.0. The Hall–Kier alpha value is -1.08. The molecule has 1 aromatic rings. The van der Waals surface area contributed by atoms with Gasteiger partial charge < -0.3 is 0 Å². The van der Waals surface area contributed by atoms with Crippen molar-refractivity contribution in [3.63, 3.8) is 0 Å². The normalized spacial score (nSPS) is 27.1. The van der Waals surface area contributed by atoms with Gasteiger partial charge in [-0.2, -0.15) is 0 Å². The van der Waals surface area contributed by atoms with E-state index in [4.69, 9.17) is 4.74 Å². The number of amides is 3. The number of imide groups is 1. The average Bonchev–Trinajstić information content (AvgIpc) is 3.29. The second kappa shape index (κ2) is 12.4. The molecule has 1 aromatic carbocycles. The Kier molecular flexibility index (Phi) is 10.2. The van der Waals surface area contributed by atoms with E-state index in [1.165, 1.54) is 62.3 Å². The molecule has 1 saturated carbocycles. The number of benzene rings is 1. The first-order valence-electron chi connectivity index (χ1n) is 14.6. The van der Waals surface area contributed by atoms with Crippen LogP contribution in [0.1, 0.15) is 104 Å². The molecule has 208 valence electrons. The Morgan fingerprint density at radius 2 is 1.57 bits per heavy atom. The fourth-order valence-corrected chi connectivity index (χ4v) is 23.6. The molecule has 1 saturated heterocycles. The van der Waals surface area contributed by atoms with E-state index in [-0.39, 0.29) is 30.9 Å². The van der Waals surface area contributed by atoms with Crippen LogP contribution in [0, 0.1) is 5.41 Å². The number of carbonyl (C=O) groups excluding carboxylic acids is 2. The number of fused-ring (bicyclic) bond motifs is 3. The van der Waals surface area contributed by atoms with Gasteiger partial charge in [0.2, 0.25) is 0 Å². The van der Waals surface area contributed by atoms with Crippen LogP contribution in [0.3, 0.4) is 0 Å². The van der Waals surface area contributed by atoms with Crippen LogP contribution >= 0.6 is 0 Å². The van der Waals surface area contributed by atoms with Crippen molar-refractivity contribution in [2.24, 2.45) is 5.41 Å². The summed E-state index contributed by atoms with van der Waals surface area (Å²) in [5, 5.41) is 3.31. The minimum absolute atomic E-state index is 0. The molecule has 0 radical (unpaired) electrons. The first kappa shape index (κ1) is 30.5. The van der Waals surface area contributed by atoms with E-state index in [0.717, 1.165) is 37.7 Å². The van der Waals surface area contributed by atoms with Crippen molar-refractivity contribution in [3.8, 4) is 0 Å². The Morgan fingerprint density at radius 1 is 1.00 bits per heavy atom. The fourth-order valence-electron chi connectivity index (χ4n) is 7.66. The summed E-state index contributed by atoms with van der Waals surface area (Å²) < 4.78 is 11.5. The van der Waals surface area contributed by atoms with Crippen LogP contribution in [0.15, 0.2) is 18.2 Å². The molecule has 1 atom stereocenters. The quantitative estimate of drug-likeness (QED) is 0.217. The summed E-state index contributed by atoms with van der Waals surface area (Å²) in [7, 11) is 3.44. The molecule has 2 fully saturated rings. The number of unbranched alkanes of at least 4 members (excludes halogenated alkanes) is 3. The van der Waals surface area contributed by atoms with E-state index < -0.39 is 23.9 Å². The van der Waals surface area contributed by atoms with Crippen molar-refractivity contribution in [1.29, 1.82) is 0 Å². The van der Waals surface area contributed by atoms with Crippen LogP contribution in [0.4, 0.5) is 4.79 Å². The fraction of sp³-hybridized carbons (Fsp3) is 0.742. The van der Waals surface area contributed by atoms with Crippen molar-refractivity contribution in [2.75, 3.05) is 14.2 Å². The number of rotatable bonds is 11. The van der Waals surface area contributed by atoms with Gasteiger partial charge in [0.25, 0.3) is 0 Å². The summed E-state index contributed by atoms with van der Waals surface area (Å²) >= 11 is -2.70. The van der Waals surface area contributed by atoms with E-state index >= 15 is 0 Å². The molecule has 2 spiro atoms. The monoisotopic (exact) mass is 620 g/mol. The third-order valence-corrected chi connectivity index (χ3v) is 25.5. The molecule has 0 aromatic heterocycles. The number of carbonyl (C=O) groups is 2. The zero-order valence-corrected chi connectivity index (χ0v) is 26.2. The van der Waals surface area contributed by atoms with Gasteiger partial charge in [0, 0.05) is 0 Å². The Labute approximate surface area is 230 Å². The van der Waals surface area contributed by atoms with E-state index in [0.29, 0.717) is 0 Å². The van der Waals surface area contributed by atoms with Gasteiger partial charge in [0.1, 0.15) is 0 Å². The molecule has 1 unspecified atom stereocenters. The van der Waals surface area contributed by atoms with E-state index in [2.05, 4.69) is 44.3 Å². The number of methoxy groups -OCH3 is 1. The van der Waals surface area contributed by atoms with Gasteiger partial charge in [-0.25, -0.2) is 0 Å². The van der Waals surface area contributed by atoms with Gasteiger partial charge in [-0.3, -0.25) is 0 Å². The molecule has 0 bridgehead atoms. The van der Waals surface area contributed by atoms with Crippen LogP contribution in [0.25, 0.3) is 0 Å². The standard InChI is InChI=1S/C18H21N2O3.3C4H9.CH4.Sn/c1-20-15(21)18(19-16(20)22)14-6-4-3-5-12(14)11-17(18)9-7-13(23-2)8-10-17;3*1-3-4-2;;/h3,5-6,13H,7-11H2,1-2H3,(H,19,22);3*1,3-4H2,2H3;1H4;. The number of hydrogen-bond donors (Lipinski definition) is 1. The van der Waals surface area contributed by atoms with Crippen molar-refractivity contribution < 1.29 is 14.3 Å². The third-order valence-electron chi connectivity index (χ3n) is 9.92. The summed E-state index contributed by atoms with van der Waals surface area (Å²) in [6.07, 6.45) is 12.5. The zero-order chi connectivity index (χ0) is 26.0. The molecule has 1 heterocycles. The molecule has 1 N–H and O–H groups in total. The minimum atomic E-state index is -2.70. The van der Waals surface area contributed by atoms with Gasteiger partial charge >= 0.3 is 224 Å². The Bertz CT molecular complexity index is 934. The number of urea groups is 1. The third kappa shape index (κ3) is 5.13. The molecule has 6 heteroatoms. The van der Waals surface area contributed by atoms with Crippen LogP contribution in [0.2, 0.25) is 13.3 Å². The van der Waals surface area contributed by atoms with E-state index in [1.54, 1.807) is 17.7 Å². The first-order chi connectivity index (χ1) is 17.3. The van der Waals surface area contributed by atoms with Gasteiger partial charge in [0.15, 0.2) is 0 Å². The van der Waals surface area contributed by atoms with Crippen LogP contribution in [-0.4, -0.2) is 55.5 Å². The predicted octanol–water partition coefficient (Wildman–Crippen LogP) is 6.89. The molecular formula is C31H52N2O3Sn. The topological polar surface area (TPSA) is 58.6 Å². The van der Waals surface area contributed by atoms with Crippen molar-refractivity contribution in [1.82, 2.24) is 10.2 Å². The molecule has 37 heavy (non-hydrogen) atoms. The molecule has 2 aliphatic carbocycles. The summed E-state index contributed by atoms with van der Waals surface area (Å²) in [4.78, 5) is 28.4. The number of nitrogens with one attached hydrogen (secondary N) is 1. The van der Waals surface area contributed by atoms with Crippen LogP contribution in [0.5, 0.6) is 0 Å². The van der Waals surface area contributed by atoms with E-state index in [1.807, 2.05) is 0 Å². The molecular weight excluding hydrogens is 567 g/mol. The zero-order valence-electron chi connectivity index (χ0n) is 23.4. The Balaban J connectivity index is 0.00000380. The van der Waals surface area contributed by atoms with Gasteiger partial charge in [0.05, 0.1) is 0 Å². The van der Waals surface area contributed by atoms with Gasteiger partial charge in [-0.15, -0.1) is 0 Å². The number of likely N-dealkylation sites (N-methyl/N-ethyl adjacent to an activating group) is 1. The van der Waals surface area contributed by atoms with Crippen molar-refractivity contribution >= 4 is 33.9 Å². The average molecular weight is 619 g/mol. The predicted molar refractivity (Wildman–Crippen MR) is 156 cm³/mol. The molecule has 3 amide bonds. The van der Waals surface area contributed by atoms with E-state index in [9.17, 15) is 9.59 Å². The maximum absolute atomic E-state index is 14.0. The van der Waals surface area contributed by atoms with Crippen molar-refractivity contribution in [3.05, 3.63) is 29.3 Å². The number of nitrogens with zero attached hydrogens (tertiary/aromatic N) is 1. The van der Waals surface area contributed by atoms with Gasteiger partial charge in [-0.1, -0.05) is 7.43 Å². The molecule has 3 aliphatic rings. The first-order valence-corrected chi connectivity index (χ1v) is 22.1. The summed E-state index contributed by atoms with van der Waals surface area (Å²) in [6, 6.07) is 7.04. The van der Waals surface area contributed by atoms with Crippen molar-refractivity contribution in [2.45, 2.75) is 124 Å². The summed E-state index contributed by atoms with van der Waals surface area (Å²) in [5.41, 5.74) is 1.24. The molecule has 1 aliphatic heterocycles. The van der Waals surface area contributed by atoms with Crippen LogP contribution in [-0.2, 0) is 21.5 Å². The van der Waals surface area contributed by atoms with Crippen LogP contribution < -0.4 is 8.90 Å². The summed E-state index contributed by atoms with van der Waals surface area (Å²) in [6.45, 7) is 6.95. The number of hydrogen-bond acceptors (Lipinski definition) is 3. The Morgan fingerprint density at radius 3 is 2.03 bits per heavy atom. The molecule has 5 nitrogen and oxygen atoms in total. The number of ether oxygens (including phenoxy) is 1. The second-order valence-electron chi connectivity index (χ2n) is 11.9. The SMILES string of the molecule is C.CCC[CH2][Sn]([CH2]CCC)([CH2]CCC)[c]1ccc2c(c1)C1(NC(=O)N(C)C1=O)C1(CCC(OC)CC1)C2. The molecule has 4 rings (SSSR count).